The third kappa shape index (κ3) is 4.57. The van der Waals surface area contributed by atoms with Crippen molar-refractivity contribution in [1.82, 2.24) is 4.48 Å². The first kappa shape index (κ1) is 34.5. The van der Waals surface area contributed by atoms with E-state index in [-0.39, 0.29) is 6.85 Å². The molecular weight excluding hydrogens is 798 g/mol. The topological polar surface area (TPSA) is 24.6 Å². The van der Waals surface area contributed by atoms with E-state index in [1.54, 1.807) is 0 Å². The van der Waals surface area contributed by atoms with E-state index >= 15 is 0 Å². The fraction of sp³-hybridized carbons (Fsp3) is 0. The van der Waals surface area contributed by atoms with Crippen molar-refractivity contribution in [2.75, 3.05) is 9.80 Å². The highest BCUT2D eigenvalue weighted by Gasteiger charge is 2.45. The Kier molecular flexibility index (Phi) is 6.88. The van der Waals surface area contributed by atoms with Crippen molar-refractivity contribution in [3.05, 3.63) is 206 Å². The Balaban J connectivity index is 1.13. The van der Waals surface area contributed by atoms with Crippen LogP contribution in [0.1, 0.15) is 0 Å². The van der Waals surface area contributed by atoms with Crippen LogP contribution in [0, 0.1) is 0 Å². The Morgan fingerprint density at radius 3 is 1.98 bits per heavy atom. The third-order valence-corrected chi connectivity index (χ3v) is 15.1. The highest BCUT2D eigenvalue weighted by molar-refractivity contribution is 7.26. The van der Waals surface area contributed by atoms with Gasteiger partial charge >= 0.3 is 6.85 Å². The van der Waals surface area contributed by atoms with E-state index < -0.39 is 0 Å². The van der Waals surface area contributed by atoms with Crippen LogP contribution in [0.4, 0.5) is 34.1 Å². The molecule has 2 aliphatic rings. The highest BCUT2D eigenvalue weighted by Crippen LogP contribution is 2.53. The largest absolute Gasteiger partial charge is 0.454 e. The molecule has 0 unspecified atom stereocenters. The highest BCUT2D eigenvalue weighted by atomic mass is 32.1. The van der Waals surface area contributed by atoms with E-state index in [9.17, 15) is 0 Å². The van der Waals surface area contributed by atoms with Crippen molar-refractivity contribution in [2.45, 2.75) is 0 Å². The molecule has 0 saturated carbocycles. The predicted octanol–water partition coefficient (Wildman–Crippen LogP) is 15.1. The number of furan rings is 1. The van der Waals surface area contributed by atoms with Gasteiger partial charge in [-0.15, -0.1) is 11.3 Å². The number of thiophene rings is 1. The van der Waals surface area contributed by atoms with E-state index in [4.69, 9.17) is 4.42 Å². The minimum absolute atomic E-state index is 0.118. The molecule has 0 radical (unpaired) electrons. The van der Waals surface area contributed by atoms with Gasteiger partial charge in [0.15, 0.2) is 5.58 Å². The summed E-state index contributed by atoms with van der Waals surface area (Å²) in [5, 5.41) is 9.84. The zero-order valence-corrected chi connectivity index (χ0v) is 35.2. The summed E-state index contributed by atoms with van der Waals surface area (Å²) in [4.78, 5) is 4.95. The smallest absolute Gasteiger partial charge is 0.333 e. The number of aromatic nitrogens is 1. The summed E-state index contributed by atoms with van der Waals surface area (Å²) in [6, 6.07) is 75.8. The number of fused-ring (bicyclic) bond motifs is 15. The summed E-state index contributed by atoms with van der Waals surface area (Å²) < 4.78 is 12.2. The van der Waals surface area contributed by atoms with Crippen LogP contribution >= 0.6 is 11.3 Å². The van der Waals surface area contributed by atoms with Crippen LogP contribution in [0.5, 0.6) is 0 Å². The van der Waals surface area contributed by atoms with E-state index in [0.717, 1.165) is 50.4 Å². The van der Waals surface area contributed by atoms with Crippen molar-refractivity contribution < 1.29 is 4.42 Å². The molecule has 5 heterocycles. The van der Waals surface area contributed by atoms with Gasteiger partial charge in [0.25, 0.3) is 0 Å². The summed E-state index contributed by atoms with van der Waals surface area (Å²) >= 11 is 1.90. The van der Waals surface area contributed by atoms with Gasteiger partial charge in [-0.3, -0.25) is 0 Å². The van der Waals surface area contributed by atoms with Crippen LogP contribution < -0.4 is 20.7 Å². The summed E-state index contributed by atoms with van der Waals surface area (Å²) in [7, 11) is 0. The zero-order chi connectivity index (χ0) is 41.6. The van der Waals surface area contributed by atoms with E-state index in [1.165, 1.54) is 80.5 Å². The van der Waals surface area contributed by atoms with Gasteiger partial charge in [0.05, 0.1) is 16.1 Å². The van der Waals surface area contributed by atoms with Gasteiger partial charge in [-0.1, -0.05) is 133 Å². The average Bonchev–Trinajstić information content (AvgIpc) is 4.03. The van der Waals surface area contributed by atoms with Crippen LogP contribution in [0.3, 0.4) is 0 Å². The molecule has 296 valence electrons. The second kappa shape index (κ2) is 12.8. The normalized spacial score (nSPS) is 12.9. The molecule has 4 nitrogen and oxygen atoms in total. The predicted molar refractivity (Wildman–Crippen MR) is 272 cm³/mol. The molecule has 0 N–H and O–H groups in total. The first-order chi connectivity index (χ1) is 31.8. The first-order valence-electron chi connectivity index (χ1n) is 22.0. The fourth-order valence-corrected chi connectivity index (χ4v) is 12.5. The van der Waals surface area contributed by atoms with E-state index in [0.29, 0.717) is 0 Å². The summed E-state index contributed by atoms with van der Waals surface area (Å²) in [5.41, 5.74) is 16.1. The maximum Gasteiger partial charge on any atom is 0.333 e. The van der Waals surface area contributed by atoms with Crippen molar-refractivity contribution in [1.29, 1.82) is 0 Å². The number of benzene rings is 10. The summed E-state index contributed by atoms with van der Waals surface area (Å²) in [5.74, 6) is 0. The molecule has 0 saturated heterocycles. The summed E-state index contributed by atoms with van der Waals surface area (Å²) in [6.45, 7) is -0.118. The molecule has 13 aromatic rings. The molecule has 0 bridgehead atoms. The number of nitrogens with zero attached hydrogens (tertiary/aromatic N) is 3. The first-order valence-corrected chi connectivity index (χ1v) is 22.8. The summed E-state index contributed by atoms with van der Waals surface area (Å²) in [6.07, 6.45) is 0. The third-order valence-electron chi connectivity index (χ3n) is 13.9. The number of rotatable bonds is 4. The number of para-hydroxylation sites is 5. The lowest BCUT2D eigenvalue weighted by molar-refractivity contribution is 0.669. The molecule has 2 aliphatic heterocycles. The Bertz CT molecular complexity index is 4070. The quantitative estimate of drug-likeness (QED) is 0.165. The monoisotopic (exact) mass is 831 g/mol. The fourth-order valence-electron chi connectivity index (χ4n) is 11.2. The second-order valence-electron chi connectivity index (χ2n) is 17.2. The standard InChI is InChI=1S/C58H34BN3OS/c1-3-17-37(18-4-1)60(38-19-5-2-6-20-38)39-29-30-48-51(33-39)61(49-26-14-25-44-40-21-9-11-27-52(40)63-57(44)49)56-54-46(34-47-41-22-10-12-28-53(41)64-58(47)56)43-24-13-23-42-45-31-35-15-7-8-16-36(35)32-50(45)62(55(42)43)59(48)54/h1-34H. The van der Waals surface area contributed by atoms with Crippen LogP contribution in [0.2, 0.25) is 0 Å². The molecule has 64 heavy (non-hydrogen) atoms. The van der Waals surface area contributed by atoms with Gasteiger partial charge in [0.1, 0.15) is 5.58 Å². The number of hydrogen-bond acceptors (Lipinski definition) is 4. The molecule has 3 aromatic heterocycles. The van der Waals surface area contributed by atoms with Crippen LogP contribution in [-0.2, 0) is 0 Å². The molecule has 0 fully saturated rings. The Hall–Kier alpha value is -8.06. The second-order valence-corrected chi connectivity index (χ2v) is 18.2. The average molecular weight is 832 g/mol. The molecule has 0 spiro atoms. The minimum Gasteiger partial charge on any atom is -0.454 e. The minimum atomic E-state index is -0.118. The van der Waals surface area contributed by atoms with Gasteiger partial charge < -0.3 is 18.7 Å². The van der Waals surface area contributed by atoms with Crippen LogP contribution in [0.15, 0.2) is 211 Å². The van der Waals surface area contributed by atoms with Crippen molar-refractivity contribution in [3.8, 4) is 11.1 Å². The van der Waals surface area contributed by atoms with Gasteiger partial charge in [-0.05, 0) is 100 Å². The maximum absolute atomic E-state index is 6.99. The molecule has 0 aliphatic carbocycles. The van der Waals surface area contributed by atoms with Crippen molar-refractivity contribution in [3.63, 3.8) is 0 Å². The molecular formula is C58H34BN3OS. The van der Waals surface area contributed by atoms with E-state index in [1.807, 2.05) is 11.3 Å². The molecule has 6 heteroatoms. The molecule has 10 aromatic carbocycles. The number of anilines is 6. The molecule has 15 rings (SSSR count). The SMILES string of the molecule is c1ccc(N(c2ccccc2)c2ccc3c(c2)N(c2cccc4c2oc2ccccc24)c2c4c(cc5c2sc2ccccc25)-c2cccc5c6cc7ccccc7cc6n(c25)B34)cc1. The van der Waals surface area contributed by atoms with Gasteiger partial charge in [0.2, 0.25) is 0 Å². The lowest BCUT2D eigenvalue weighted by atomic mass is 9.45. The Morgan fingerprint density at radius 2 is 1.16 bits per heavy atom. The van der Waals surface area contributed by atoms with Gasteiger partial charge in [0, 0.05) is 76.4 Å². The van der Waals surface area contributed by atoms with Crippen molar-refractivity contribution >= 4 is 138 Å². The zero-order valence-electron chi connectivity index (χ0n) is 34.4. The maximum atomic E-state index is 6.99. The van der Waals surface area contributed by atoms with Crippen LogP contribution in [-0.4, -0.2) is 11.3 Å². The lowest BCUT2D eigenvalue weighted by Gasteiger charge is -2.41. The van der Waals surface area contributed by atoms with Gasteiger partial charge in [-0.2, -0.15) is 0 Å². The Morgan fingerprint density at radius 1 is 0.469 bits per heavy atom. The van der Waals surface area contributed by atoms with Gasteiger partial charge in [-0.25, -0.2) is 0 Å². The Labute approximate surface area is 372 Å². The van der Waals surface area contributed by atoms with E-state index in [2.05, 4.69) is 221 Å². The molecule has 0 amide bonds. The lowest BCUT2D eigenvalue weighted by Crippen LogP contribution is -2.56. The molecule has 0 atom stereocenters. The number of hydrogen-bond donors (Lipinski definition) is 0. The van der Waals surface area contributed by atoms with Crippen molar-refractivity contribution in [2.24, 2.45) is 0 Å². The van der Waals surface area contributed by atoms with Crippen LogP contribution in [0.25, 0.3) is 85.8 Å².